The molecule has 1 aliphatic heterocycles. The number of nitro benzene ring substituents is 1. The normalized spacial score (nSPS) is 15.6. The van der Waals surface area contributed by atoms with Crippen LogP contribution in [0.25, 0.3) is 0 Å². The summed E-state index contributed by atoms with van der Waals surface area (Å²) in [6.45, 7) is 3.78. The molecule has 6 nitrogen and oxygen atoms in total. The van der Waals surface area contributed by atoms with Crippen LogP contribution in [-0.4, -0.2) is 31.0 Å². The van der Waals surface area contributed by atoms with Crippen molar-refractivity contribution < 1.29 is 9.72 Å². The van der Waals surface area contributed by atoms with Crippen LogP contribution in [0, 0.1) is 10.1 Å². The molecule has 0 bridgehead atoms. The lowest BCUT2D eigenvalue weighted by molar-refractivity contribution is -0.385. The van der Waals surface area contributed by atoms with Crippen LogP contribution < -0.4 is 10.2 Å². The Morgan fingerprint density at radius 3 is 2.39 bits per heavy atom. The molecule has 0 saturated carbocycles. The molecule has 148 valence electrons. The molecule has 1 atom stereocenters. The Morgan fingerprint density at radius 2 is 1.75 bits per heavy atom. The van der Waals surface area contributed by atoms with Crippen molar-refractivity contribution in [2.24, 2.45) is 0 Å². The number of amides is 1. The second kappa shape index (κ2) is 8.87. The van der Waals surface area contributed by atoms with Crippen LogP contribution in [0.3, 0.4) is 0 Å². The van der Waals surface area contributed by atoms with E-state index in [9.17, 15) is 14.9 Å². The van der Waals surface area contributed by atoms with Crippen molar-refractivity contribution in [3.8, 4) is 0 Å². The third kappa shape index (κ3) is 4.16. The minimum Gasteiger partial charge on any atom is -0.371 e. The van der Waals surface area contributed by atoms with Crippen molar-refractivity contribution >= 4 is 17.3 Å². The zero-order valence-corrected chi connectivity index (χ0v) is 16.5. The molecular formula is C22H27N3O3. The van der Waals surface area contributed by atoms with Crippen LogP contribution in [0.15, 0.2) is 42.5 Å². The van der Waals surface area contributed by atoms with Gasteiger partial charge in [0.1, 0.15) is 0 Å². The molecule has 28 heavy (non-hydrogen) atoms. The molecule has 1 saturated heterocycles. The highest BCUT2D eigenvalue weighted by Crippen LogP contribution is 2.36. The van der Waals surface area contributed by atoms with Gasteiger partial charge in [0.05, 0.1) is 4.92 Å². The molecule has 1 N–H and O–H groups in total. The summed E-state index contributed by atoms with van der Waals surface area (Å²) >= 11 is 0. The van der Waals surface area contributed by atoms with Gasteiger partial charge in [-0.2, -0.15) is 0 Å². The lowest BCUT2D eigenvalue weighted by atomic mass is 9.88. The van der Waals surface area contributed by atoms with Crippen molar-refractivity contribution in [1.29, 1.82) is 0 Å². The molecule has 1 aliphatic rings. The van der Waals surface area contributed by atoms with Gasteiger partial charge in [0.15, 0.2) is 0 Å². The van der Waals surface area contributed by atoms with Crippen molar-refractivity contribution in [2.45, 2.75) is 38.5 Å². The minimum atomic E-state index is -0.310. The molecule has 0 spiro atoms. The summed E-state index contributed by atoms with van der Waals surface area (Å²) in [5.41, 5.74) is 2.97. The Kier molecular flexibility index (Phi) is 6.29. The molecule has 2 aromatic carbocycles. The standard InChI is InChI=1S/C22H27N3O3/c1-16(18-9-5-6-10-20(18)22(26)23-2)19-12-11-17(15-21(19)25(27)28)24-13-7-3-4-8-14-24/h5-6,9-12,15-16H,3-4,7-8,13-14H2,1-2H3,(H,23,26). The fraction of sp³-hybridized carbons (Fsp3) is 0.409. The molecule has 1 unspecified atom stereocenters. The first kappa shape index (κ1) is 19.9. The van der Waals surface area contributed by atoms with Crippen molar-refractivity contribution in [1.82, 2.24) is 5.32 Å². The first-order chi connectivity index (χ1) is 13.5. The summed E-state index contributed by atoms with van der Waals surface area (Å²) in [6, 6.07) is 12.8. The average molecular weight is 381 g/mol. The van der Waals surface area contributed by atoms with E-state index in [4.69, 9.17) is 0 Å². The SMILES string of the molecule is CNC(=O)c1ccccc1C(C)c1ccc(N2CCCCCC2)cc1[N+](=O)[O-]. The highest BCUT2D eigenvalue weighted by molar-refractivity contribution is 5.95. The van der Waals surface area contributed by atoms with E-state index in [-0.39, 0.29) is 22.4 Å². The average Bonchev–Trinajstić information content (AvgIpc) is 3.01. The Balaban J connectivity index is 2.00. The first-order valence-corrected chi connectivity index (χ1v) is 9.87. The van der Waals surface area contributed by atoms with E-state index in [1.165, 1.54) is 12.8 Å². The second-order valence-electron chi connectivity index (χ2n) is 7.29. The molecular weight excluding hydrogens is 354 g/mol. The van der Waals surface area contributed by atoms with Gasteiger partial charge in [0.25, 0.3) is 11.6 Å². The van der Waals surface area contributed by atoms with E-state index in [0.29, 0.717) is 11.1 Å². The van der Waals surface area contributed by atoms with Gasteiger partial charge < -0.3 is 10.2 Å². The zero-order chi connectivity index (χ0) is 20.1. The Bertz CT molecular complexity index is 858. The predicted molar refractivity (Wildman–Crippen MR) is 111 cm³/mol. The van der Waals surface area contributed by atoms with Crippen molar-refractivity contribution in [3.05, 3.63) is 69.3 Å². The van der Waals surface area contributed by atoms with Gasteiger partial charge in [-0.25, -0.2) is 0 Å². The molecule has 2 aromatic rings. The smallest absolute Gasteiger partial charge is 0.275 e. The van der Waals surface area contributed by atoms with E-state index < -0.39 is 0 Å². The number of rotatable bonds is 5. The fourth-order valence-electron chi connectivity index (χ4n) is 3.97. The summed E-state index contributed by atoms with van der Waals surface area (Å²) < 4.78 is 0. The van der Waals surface area contributed by atoms with Crippen LogP contribution in [0.2, 0.25) is 0 Å². The number of nitrogens with one attached hydrogen (secondary N) is 1. The molecule has 3 rings (SSSR count). The molecule has 1 heterocycles. The first-order valence-electron chi connectivity index (χ1n) is 9.87. The van der Waals surface area contributed by atoms with E-state index >= 15 is 0 Å². The van der Waals surface area contributed by atoms with Crippen LogP contribution in [0.1, 0.15) is 60.0 Å². The number of hydrogen-bond donors (Lipinski definition) is 1. The fourth-order valence-corrected chi connectivity index (χ4v) is 3.97. The maximum absolute atomic E-state index is 12.2. The van der Waals surface area contributed by atoms with Gasteiger partial charge in [-0.1, -0.05) is 38.0 Å². The highest BCUT2D eigenvalue weighted by atomic mass is 16.6. The molecule has 6 heteroatoms. The number of nitrogens with zero attached hydrogens (tertiary/aromatic N) is 2. The van der Waals surface area contributed by atoms with E-state index in [1.807, 2.05) is 31.2 Å². The number of anilines is 1. The zero-order valence-electron chi connectivity index (χ0n) is 16.5. The molecule has 1 fully saturated rings. The largest absolute Gasteiger partial charge is 0.371 e. The topological polar surface area (TPSA) is 75.5 Å². The summed E-state index contributed by atoms with van der Waals surface area (Å²) in [5, 5.41) is 14.5. The second-order valence-corrected chi connectivity index (χ2v) is 7.29. The number of carbonyl (C=O) groups excluding carboxylic acids is 1. The van der Waals surface area contributed by atoms with Gasteiger partial charge in [0, 0.05) is 48.9 Å². The Morgan fingerprint density at radius 1 is 1.07 bits per heavy atom. The van der Waals surface area contributed by atoms with Crippen LogP contribution >= 0.6 is 0 Å². The van der Waals surface area contributed by atoms with E-state index in [2.05, 4.69) is 10.2 Å². The van der Waals surface area contributed by atoms with Crippen molar-refractivity contribution in [2.75, 3.05) is 25.0 Å². The lowest BCUT2D eigenvalue weighted by Gasteiger charge is -2.23. The van der Waals surface area contributed by atoms with Crippen LogP contribution in [0.5, 0.6) is 0 Å². The summed E-state index contributed by atoms with van der Waals surface area (Å²) in [6.07, 6.45) is 4.66. The number of carbonyl (C=O) groups is 1. The van der Waals surface area contributed by atoms with Gasteiger partial charge in [-0.05, 0) is 36.6 Å². The van der Waals surface area contributed by atoms with Crippen molar-refractivity contribution in [3.63, 3.8) is 0 Å². The molecule has 1 amide bonds. The van der Waals surface area contributed by atoms with Crippen LogP contribution in [-0.2, 0) is 0 Å². The van der Waals surface area contributed by atoms with Gasteiger partial charge in [0.2, 0.25) is 0 Å². The lowest BCUT2D eigenvalue weighted by Crippen LogP contribution is -2.24. The monoisotopic (exact) mass is 381 g/mol. The predicted octanol–water partition coefficient (Wildman–Crippen LogP) is 4.49. The molecule has 0 radical (unpaired) electrons. The van der Waals surface area contributed by atoms with Crippen LogP contribution in [0.4, 0.5) is 11.4 Å². The van der Waals surface area contributed by atoms with Gasteiger partial charge in [-0.15, -0.1) is 0 Å². The minimum absolute atomic E-state index is 0.112. The quantitative estimate of drug-likeness (QED) is 0.612. The molecule has 0 aromatic heterocycles. The Labute approximate surface area is 165 Å². The summed E-state index contributed by atoms with van der Waals surface area (Å²) in [5.74, 6) is -0.460. The summed E-state index contributed by atoms with van der Waals surface area (Å²) in [7, 11) is 1.59. The molecule has 0 aliphatic carbocycles. The van der Waals surface area contributed by atoms with E-state index in [0.717, 1.165) is 37.2 Å². The maximum atomic E-state index is 12.2. The van der Waals surface area contributed by atoms with Gasteiger partial charge >= 0.3 is 0 Å². The van der Waals surface area contributed by atoms with Gasteiger partial charge in [-0.3, -0.25) is 14.9 Å². The third-order valence-electron chi connectivity index (χ3n) is 5.55. The van der Waals surface area contributed by atoms with E-state index in [1.54, 1.807) is 25.2 Å². The number of benzene rings is 2. The summed E-state index contributed by atoms with van der Waals surface area (Å²) in [4.78, 5) is 26.0. The number of nitro groups is 1. The highest BCUT2D eigenvalue weighted by Gasteiger charge is 2.25. The maximum Gasteiger partial charge on any atom is 0.275 e. The third-order valence-corrected chi connectivity index (χ3v) is 5.55. The Hall–Kier alpha value is -2.89. The number of hydrogen-bond acceptors (Lipinski definition) is 4.